The van der Waals surface area contributed by atoms with Crippen molar-refractivity contribution >= 4 is 37.2 Å². The van der Waals surface area contributed by atoms with Crippen molar-refractivity contribution in [2.24, 2.45) is 5.92 Å². The van der Waals surface area contributed by atoms with E-state index in [0.29, 0.717) is 18.7 Å². The summed E-state index contributed by atoms with van der Waals surface area (Å²) in [7, 11) is 2.89. The van der Waals surface area contributed by atoms with E-state index < -0.39 is 9.05 Å². The van der Waals surface area contributed by atoms with E-state index in [1.165, 1.54) is 12.1 Å². The minimum atomic E-state index is -4.01. The third-order valence-corrected chi connectivity index (χ3v) is 4.77. The number of carbonyl (C=O) groups is 1. The Morgan fingerprint density at radius 1 is 1.43 bits per heavy atom. The van der Waals surface area contributed by atoms with Crippen molar-refractivity contribution in [2.45, 2.75) is 18.7 Å². The largest absolute Gasteiger partial charge is 0.384 e. The summed E-state index contributed by atoms with van der Waals surface area (Å²) in [5.74, 6) is -0.247. The molecule has 21 heavy (non-hydrogen) atoms. The highest BCUT2D eigenvalue weighted by molar-refractivity contribution is 8.13. The van der Waals surface area contributed by atoms with Crippen molar-refractivity contribution in [2.75, 3.05) is 20.3 Å². The summed E-state index contributed by atoms with van der Waals surface area (Å²) < 4.78 is 27.9. The van der Waals surface area contributed by atoms with Crippen LogP contribution in [-0.4, -0.2) is 34.6 Å². The van der Waals surface area contributed by atoms with E-state index in [0.717, 1.165) is 0 Å². The summed E-state index contributed by atoms with van der Waals surface area (Å²) in [4.78, 5) is 11.8. The Hall–Kier alpha value is -0.820. The van der Waals surface area contributed by atoms with Crippen LogP contribution in [0.5, 0.6) is 0 Å². The molecule has 5 nitrogen and oxygen atoms in total. The van der Waals surface area contributed by atoms with Crippen molar-refractivity contribution in [3.8, 4) is 0 Å². The van der Waals surface area contributed by atoms with Crippen LogP contribution in [0.2, 0.25) is 5.02 Å². The second-order valence-electron chi connectivity index (χ2n) is 4.81. The zero-order chi connectivity index (χ0) is 16.2. The molecule has 1 atom stereocenters. The Morgan fingerprint density at radius 3 is 2.57 bits per heavy atom. The highest BCUT2D eigenvalue weighted by Gasteiger charge is 2.20. The molecule has 1 amide bonds. The van der Waals surface area contributed by atoms with Crippen LogP contribution in [0, 0.1) is 12.8 Å². The normalized spacial score (nSPS) is 13.0. The number of carbonyl (C=O) groups excluding carboxylic acids is 1. The van der Waals surface area contributed by atoms with E-state index >= 15 is 0 Å². The summed E-state index contributed by atoms with van der Waals surface area (Å²) >= 11 is 5.91. The lowest BCUT2D eigenvalue weighted by molar-refractivity contribution is 0.0934. The van der Waals surface area contributed by atoms with Gasteiger partial charge in [-0.3, -0.25) is 4.79 Å². The number of aryl methyl sites for hydroxylation is 1. The molecule has 1 aromatic carbocycles. The molecule has 1 aromatic rings. The average molecular weight is 354 g/mol. The first-order valence-electron chi connectivity index (χ1n) is 6.18. The van der Waals surface area contributed by atoms with Crippen molar-refractivity contribution in [1.29, 1.82) is 0 Å². The summed E-state index contributed by atoms with van der Waals surface area (Å²) in [5, 5.41) is 2.73. The standard InChI is InChI=1S/C13H17Cl2NO4S/c1-8(7-20-3)6-16-13(17)10-4-9(2)12(14)11(5-10)21(15,18)19/h4-5,8H,6-7H2,1-3H3,(H,16,17). The summed E-state index contributed by atoms with van der Waals surface area (Å²) in [5.41, 5.74) is 0.661. The number of amides is 1. The van der Waals surface area contributed by atoms with Crippen LogP contribution in [0.15, 0.2) is 17.0 Å². The molecule has 0 heterocycles. The van der Waals surface area contributed by atoms with Crippen LogP contribution in [0.3, 0.4) is 0 Å². The number of hydrogen-bond acceptors (Lipinski definition) is 4. The molecule has 0 aromatic heterocycles. The van der Waals surface area contributed by atoms with E-state index in [4.69, 9.17) is 27.0 Å². The van der Waals surface area contributed by atoms with E-state index in [1.807, 2.05) is 6.92 Å². The first-order valence-corrected chi connectivity index (χ1v) is 8.87. The predicted molar refractivity (Wildman–Crippen MR) is 82.6 cm³/mol. The van der Waals surface area contributed by atoms with Gasteiger partial charge in [0.2, 0.25) is 0 Å². The van der Waals surface area contributed by atoms with Crippen LogP contribution < -0.4 is 5.32 Å². The van der Waals surface area contributed by atoms with Gasteiger partial charge in [-0.05, 0) is 30.5 Å². The van der Waals surface area contributed by atoms with Gasteiger partial charge in [-0.25, -0.2) is 8.42 Å². The Balaban J connectivity index is 2.99. The Bertz CT molecular complexity index is 631. The molecule has 0 radical (unpaired) electrons. The minimum Gasteiger partial charge on any atom is -0.384 e. The van der Waals surface area contributed by atoms with E-state index in [2.05, 4.69) is 5.32 Å². The fraction of sp³-hybridized carbons (Fsp3) is 0.462. The van der Waals surface area contributed by atoms with Gasteiger partial charge in [-0.2, -0.15) is 0 Å². The number of ether oxygens (including phenoxy) is 1. The second kappa shape index (κ2) is 7.45. The first kappa shape index (κ1) is 18.2. The molecule has 0 aliphatic heterocycles. The molecule has 0 fully saturated rings. The van der Waals surface area contributed by atoms with Gasteiger partial charge in [0, 0.05) is 29.9 Å². The van der Waals surface area contributed by atoms with Gasteiger partial charge in [0.05, 0.1) is 11.6 Å². The zero-order valence-electron chi connectivity index (χ0n) is 11.9. The molecular weight excluding hydrogens is 337 g/mol. The Kier molecular flexibility index (Phi) is 6.46. The molecule has 0 saturated carbocycles. The van der Waals surface area contributed by atoms with Gasteiger partial charge < -0.3 is 10.1 Å². The van der Waals surface area contributed by atoms with Crippen molar-refractivity contribution in [3.05, 3.63) is 28.3 Å². The summed E-state index contributed by atoms with van der Waals surface area (Å²) in [6.07, 6.45) is 0. The van der Waals surface area contributed by atoms with Crippen molar-refractivity contribution in [3.63, 3.8) is 0 Å². The molecule has 1 unspecified atom stereocenters. The number of hydrogen-bond donors (Lipinski definition) is 1. The highest BCUT2D eigenvalue weighted by atomic mass is 35.7. The summed E-state index contributed by atoms with van der Waals surface area (Å²) in [6.45, 7) is 4.46. The third-order valence-electron chi connectivity index (χ3n) is 2.81. The molecule has 0 aliphatic carbocycles. The van der Waals surface area contributed by atoms with Gasteiger partial charge in [0.25, 0.3) is 15.0 Å². The van der Waals surface area contributed by atoms with Gasteiger partial charge in [0.15, 0.2) is 0 Å². The lowest BCUT2D eigenvalue weighted by atomic mass is 10.1. The number of nitrogens with one attached hydrogen (secondary N) is 1. The third kappa shape index (κ3) is 5.14. The number of benzene rings is 1. The maximum Gasteiger partial charge on any atom is 0.262 e. The van der Waals surface area contributed by atoms with E-state index in [-0.39, 0.29) is 27.3 Å². The number of halogens is 2. The highest BCUT2D eigenvalue weighted by Crippen LogP contribution is 2.29. The first-order chi connectivity index (χ1) is 9.66. The zero-order valence-corrected chi connectivity index (χ0v) is 14.3. The number of methoxy groups -OCH3 is 1. The van der Waals surface area contributed by atoms with Gasteiger partial charge >= 0.3 is 0 Å². The molecule has 8 heteroatoms. The molecule has 118 valence electrons. The SMILES string of the molecule is COCC(C)CNC(=O)c1cc(C)c(Cl)c(S(=O)(=O)Cl)c1. The molecule has 0 spiro atoms. The molecule has 0 bridgehead atoms. The lowest BCUT2D eigenvalue weighted by Crippen LogP contribution is -2.30. The second-order valence-corrected chi connectivity index (χ2v) is 7.73. The monoisotopic (exact) mass is 353 g/mol. The minimum absolute atomic E-state index is 0.0225. The number of rotatable bonds is 6. The Labute approximate surface area is 134 Å². The predicted octanol–water partition coefficient (Wildman–Crippen LogP) is 2.59. The lowest BCUT2D eigenvalue weighted by Gasteiger charge is -2.13. The van der Waals surface area contributed by atoms with Gasteiger partial charge in [-0.1, -0.05) is 18.5 Å². The van der Waals surface area contributed by atoms with Crippen LogP contribution in [0.1, 0.15) is 22.8 Å². The molecule has 1 rings (SSSR count). The Morgan fingerprint density at radius 2 is 2.05 bits per heavy atom. The van der Waals surface area contributed by atoms with E-state index in [9.17, 15) is 13.2 Å². The fourth-order valence-corrected chi connectivity index (χ4v) is 3.30. The molecule has 1 N–H and O–H groups in total. The van der Waals surface area contributed by atoms with Crippen LogP contribution in [0.4, 0.5) is 0 Å². The van der Waals surface area contributed by atoms with Crippen molar-refractivity contribution < 1.29 is 17.9 Å². The molecule has 0 aliphatic rings. The average Bonchev–Trinajstić information content (AvgIpc) is 2.38. The van der Waals surface area contributed by atoms with Gasteiger partial charge in [0.1, 0.15) is 4.90 Å². The van der Waals surface area contributed by atoms with Crippen molar-refractivity contribution in [1.82, 2.24) is 5.32 Å². The fourth-order valence-electron chi connectivity index (χ4n) is 1.76. The summed E-state index contributed by atoms with van der Waals surface area (Å²) in [6, 6.07) is 2.69. The van der Waals surface area contributed by atoms with E-state index in [1.54, 1.807) is 14.0 Å². The maximum atomic E-state index is 12.1. The molecule has 0 saturated heterocycles. The topological polar surface area (TPSA) is 72.5 Å². The smallest absolute Gasteiger partial charge is 0.262 e. The van der Waals surface area contributed by atoms with Crippen LogP contribution in [0.25, 0.3) is 0 Å². The van der Waals surface area contributed by atoms with Crippen LogP contribution >= 0.6 is 22.3 Å². The maximum absolute atomic E-state index is 12.1. The van der Waals surface area contributed by atoms with Crippen LogP contribution in [-0.2, 0) is 13.8 Å². The quantitative estimate of drug-likeness (QED) is 0.797. The molecular formula is C13H17Cl2NO4S. The van der Waals surface area contributed by atoms with Gasteiger partial charge in [-0.15, -0.1) is 0 Å².